The molecule has 3 nitrogen and oxygen atoms in total. The van der Waals surface area contributed by atoms with E-state index in [1.54, 1.807) is 0 Å². The molecule has 1 spiro atoms. The van der Waals surface area contributed by atoms with Crippen LogP contribution in [-0.4, -0.2) is 16.9 Å². The van der Waals surface area contributed by atoms with E-state index in [4.69, 9.17) is 0 Å². The molecule has 2 atom stereocenters. The zero-order valence-electron chi connectivity index (χ0n) is 14.7. The maximum absolute atomic E-state index is 12.8. The fourth-order valence-electron chi connectivity index (χ4n) is 5.30. The lowest BCUT2D eigenvalue weighted by molar-refractivity contribution is -0.124. The average molecular weight is 326 g/mol. The lowest BCUT2D eigenvalue weighted by Gasteiger charge is -2.23. The van der Waals surface area contributed by atoms with Crippen molar-refractivity contribution in [3.05, 3.63) is 30.1 Å². The van der Waals surface area contributed by atoms with Crippen molar-refractivity contribution >= 4 is 5.91 Å². The number of hydrogen-bond acceptors (Lipinski definition) is 2. The van der Waals surface area contributed by atoms with E-state index in [0.29, 0.717) is 23.3 Å². The van der Waals surface area contributed by atoms with Gasteiger partial charge in [0.25, 0.3) is 0 Å². The molecule has 0 radical (unpaired) electrons. The van der Waals surface area contributed by atoms with Crippen LogP contribution in [0.1, 0.15) is 69.8 Å². The molecule has 4 rings (SSSR count). The highest BCUT2D eigenvalue weighted by Gasteiger charge is 2.58. The molecule has 3 fully saturated rings. The van der Waals surface area contributed by atoms with E-state index in [9.17, 15) is 4.79 Å². The topological polar surface area (TPSA) is 42.0 Å². The molecule has 2 unspecified atom stereocenters. The van der Waals surface area contributed by atoms with Gasteiger partial charge in [-0.25, -0.2) is 0 Å². The van der Waals surface area contributed by atoms with Crippen LogP contribution in [0, 0.1) is 17.3 Å². The molecule has 1 N–H and O–H groups in total. The number of amides is 1. The lowest BCUT2D eigenvalue weighted by atomic mass is 9.93. The third-order valence-electron chi connectivity index (χ3n) is 6.78. The van der Waals surface area contributed by atoms with E-state index < -0.39 is 0 Å². The minimum Gasteiger partial charge on any atom is -0.353 e. The molecule has 3 aliphatic carbocycles. The van der Waals surface area contributed by atoms with Crippen LogP contribution in [0.3, 0.4) is 0 Å². The first-order valence-corrected chi connectivity index (χ1v) is 9.94. The van der Waals surface area contributed by atoms with Crippen LogP contribution in [0.5, 0.6) is 0 Å². The van der Waals surface area contributed by atoms with E-state index in [-0.39, 0.29) is 0 Å². The van der Waals surface area contributed by atoms with Crippen LogP contribution in [0.25, 0.3) is 0 Å². The van der Waals surface area contributed by atoms with Gasteiger partial charge in [0, 0.05) is 24.4 Å². The number of nitrogens with one attached hydrogen (secondary N) is 1. The Kier molecular flexibility index (Phi) is 4.60. The highest BCUT2D eigenvalue weighted by atomic mass is 16.2. The minimum atomic E-state index is 0.294. The quantitative estimate of drug-likeness (QED) is 0.848. The zero-order valence-corrected chi connectivity index (χ0v) is 14.7. The van der Waals surface area contributed by atoms with Crippen LogP contribution < -0.4 is 5.32 Å². The fourth-order valence-corrected chi connectivity index (χ4v) is 5.30. The van der Waals surface area contributed by atoms with Crippen LogP contribution in [0.2, 0.25) is 0 Å². The average Bonchev–Trinajstić information content (AvgIpc) is 2.92. The molecule has 0 bridgehead atoms. The maximum atomic E-state index is 12.8. The van der Waals surface area contributed by atoms with Gasteiger partial charge in [0.15, 0.2) is 0 Å². The number of pyridine rings is 1. The van der Waals surface area contributed by atoms with Gasteiger partial charge in [-0.2, -0.15) is 0 Å². The molecule has 1 aromatic heterocycles. The van der Waals surface area contributed by atoms with Crippen molar-refractivity contribution in [3.63, 3.8) is 0 Å². The summed E-state index contributed by atoms with van der Waals surface area (Å²) in [6.45, 7) is 0. The summed E-state index contributed by atoms with van der Waals surface area (Å²) in [5, 5.41) is 3.45. The highest BCUT2D eigenvalue weighted by molar-refractivity contribution is 5.83. The van der Waals surface area contributed by atoms with Crippen molar-refractivity contribution in [1.29, 1.82) is 0 Å². The molecule has 130 valence electrons. The van der Waals surface area contributed by atoms with Crippen molar-refractivity contribution in [2.45, 2.75) is 76.7 Å². The Morgan fingerprint density at radius 2 is 1.88 bits per heavy atom. The van der Waals surface area contributed by atoms with E-state index in [2.05, 4.69) is 22.4 Å². The van der Waals surface area contributed by atoms with Crippen molar-refractivity contribution in [3.8, 4) is 0 Å². The summed E-state index contributed by atoms with van der Waals surface area (Å²) in [7, 11) is 0. The number of aromatic nitrogens is 1. The van der Waals surface area contributed by atoms with E-state index in [0.717, 1.165) is 25.2 Å². The van der Waals surface area contributed by atoms with E-state index >= 15 is 0 Å². The normalized spacial score (nSPS) is 26.6. The first-order chi connectivity index (χ1) is 11.8. The molecule has 3 saturated carbocycles. The van der Waals surface area contributed by atoms with Gasteiger partial charge >= 0.3 is 0 Å². The molecular formula is C21H30N2O. The summed E-state index contributed by atoms with van der Waals surface area (Å²) in [4.78, 5) is 16.9. The second kappa shape index (κ2) is 6.85. The Hall–Kier alpha value is -1.38. The molecule has 24 heavy (non-hydrogen) atoms. The van der Waals surface area contributed by atoms with Gasteiger partial charge in [-0.3, -0.25) is 9.78 Å². The smallest absolute Gasteiger partial charge is 0.223 e. The SMILES string of the molecule is O=C(NC(Cc1ccncc1)CC1CCCC1)C1CC12CCCC2. The largest absolute Gasteiger partial charge is 0.353 e. The highest BCUT2D eigenvalue weighted by Crippen LogP contribution is 2.62. The van der Waals surface area contributed by atoms with Crippen molar-refractivity contribution < 1.29 is 4.79 Å². The second-order valence-corrected chi connectivity index (χ2v) is 8.48. The molecular weight excluding hydrogens is 296 g/mol. The predicted octanol–water partition coefficient (Wildman–Crippen LogP) is 4.27. The zero-order chi connectivity index (χ0) is 16.4. The van der Waals surface area contributed by atoms with Crippen LogP contribution >= 0.6 is 0 Å². The first kappa shape index (κ1) is 16.1. The molecule has 0 saturated heterocycles. The van der Waals surface area contributed by atoms with Crippen molar-refractivity contribution in [2.24, 2.45) is 17.3 Å². The van der Waals surface area contributed by atoms with E-state index in [1.807, 2.05) is 12.4 Å². The number of rotatable bonds is 6. The summed E-state index contributed by atoms with van der Waals surface area (Å²) in [6, 6.07) is 4.47. The summed E-state index contributed by atoms with van der Waals surface area (Å²) in [6.07, 6.45) is 17.6. The van der Waals surface area contributed by atoms with Gasteiger partial charge in [0.2, 0.25) is 5.91 Å². The van der Waals surface area contributed by atoms with Gasteiger partial charge in [0.05, 0.1) is 0 Å². The van der Waals surface area contributed by atoms with Gasteiger partial charge in [0.1, 0.15) is 0 Å². The number of hydrogen-bond donors (Lipinski definition) is 1. The maximum Gasteiger partial charge on any atom is 0.223 e. The Morgan fingerprint density at radius 3 is 2.58 bits per heavy atom. The number of nitrogens with zero attached hydrogens (tertiary/aromatic N) is 1. The molecule has 3 aliphatic rings. The van der Waals surface area contributed by atoms with Gasteiger partial charge in [-0.05, 0) is 61.1 Å². The lowest BCUT2D eigenvalue weighted by Crippen LogP contribution is -2.39. The Labute approximate surface area is 145 Å². The van der Waals surface area contributed by atoms with Crippen LogP contribution in [-0.2, 0) is 11.2 Å². The summed E-state index contributed by atoms with van der Waals surface area (Å²) in [5.41, 5.74) is 1.69. The summed E-state index contributed by atoms with van der Waals surface area (Å²) < 4.78 is 0. The molecule has 1 heterocycles. The fraction of sp³-hybridized carbons (Fsp3) is 0.714. The van der Waals surface area contributed by atoms with Gasteiger partial charge in [-0.1, -0.05) is 38.5 Å². The Bertz CT molecular complexity index is 558. The summed E-state index contributed by atoms with van der Waals surface area (Å²) in [5.74, 6) is 1.45. The number of carbonyl (C=O) groups excluding carboxylic acids is 1. The first-order valence-electron chi connectivity index (χ1n) is 9.94. The summed E-state index contributed by atoms with van der Waals surface area (Å²) >= 11 is 0. The third kappa shape index (κ3) is 3.50. The monoisotopic (exact) mass is 326 g/mol. The van der Waals surface area contributed by atoms with Crippen molar-refractivity contribution in [2.75, 3.05) is 0 Å². The second-order valence-electron chi connectivity index (χ2n) is 8.48. The Balaban J connectivity index is 1.38. The minimum absolute atomic E-state index is 0.294. The van der Waals surface area contributed by atoms with Gasteiger partial charge < -0.3 is 5.32 Å². The molecule has 1 amide bonds. The van der Waals surface area contributed by atoms with E-state index in [1.165, 1.54) is 56.9 Å². The molecule has 0 aromatic carbocycles. The molecule has 1 aromatic rings. The van der Waals surface area contributed by atoms with Gasteiger partial charge in [-0.15, -0.1) is 0 Å². The third-order valence-corrected chi connectivity index (χ3v) is 6.78. The van der Waals surface area contributed by atoms with Crippen molar-refractivity contribution in [1.82, 2.24) is 10.3 Å². The Morgan fingerprint density at radius 1 is 1.17 bits per heavy atom. The molecule has 0 aliphatic heterocycles. The van der Waals surface area contributed by atoms with Crippen LogP contribution in [0.15, 0.2) is 24.5 Å². The van der Waals surface area contributed by atoms with Crippen LogP contribution in [0.4, 0.5) is 0 Å². The standard InChI is InChI=1S/C21H30N2O/c24-20(19-15-21(19)9-3-4-10-21)23-18(13-16-5-1-2-6-16)14-17-7-11-22-12-8-17/h7-8,11-12,16,18-19H,1-6,9-10,13-15H2,(H,23,24). The molecule has 3 heteroatoms. The predicted molar refractivity (Wildman–Crippen MR) is 95.5 cm³/mol. The number of carbonyl (C=O) groups is 1.